The van der Waals surface area contributed by atoms with Crippen LogP contribution in [0.2, 0.25) is 5.02 Å². The molecule has 0 atom stereocenters. The molecule has 0 saturated heterocycles. The van der Waals surface area contributed by atoms with E-state index < -0.39 is 0 Å². The van der Waals surface area contributed by atoms with Crippen molar-refractivity contribution in [2.24, 2.45) is 5.73 Å². The molecule has 0 fully saturated rings. The molecule has 0 heterocycles. The normalized spacial score (nSPS) is 11.0. The van der Waals surface area contributed by atoms with Gasteiger partial charge in [-0.3, -0.25) is 0 Å². The van der Waals surface area contributed by atoms with Gasteiger partial charge in [-0.25, -0.2) is 0 Å². The van der Waals surface area contributed by atoms with Gasteiger partial charge in [0.1, 0.15) is 0 Å². The third-order valence-corrected chi connectivity index (χ3v) is 3.41. The summed E-state index contributed by atoms with van der Waals surface area (Å²) < 4.78 is 0. The van der Waals surface area contributed by atoms with E-state index in [1.807, 2.05) is 12.1 Å². The highest BCUT2D eigenvalue weighted by Crippen LogP contribution is 2.27. The average Bonchev–Trinajstić information content (AvgIpc) is 2.34. The van der Waals surface area contributed by atoms with E-state index in [-0.39, 0.29) is 0 Å². The van der Waals surface area contributed by atoms with E-state index >= 15 is 0 Å². The predicted octanol–water partition coefficient (Wildman–Crippen LogP) is 2.58. The van der Waals surface area contributed by atoms with Crippen molar-refractivity contribution < 1.29 is 0 Å². The van der Waals surface area contributed by atoms with Crippen molar-refractivity contribution in [1.82, 2.24) is 4.90 Å². The first kappa shape index (κ1) is 15.3. The number of nitrogens with zero attached hydrogens (tertiary/aromatic N) is 2. The van der Waals surface area contributed by atoms with Gasteiger partial charge >= 0.3 is 0 Å². The Kier molecular flexibility index (Phi) is 6.47. The fourth-order valence-electron chi connectivity index (χ4n) is 2.07. The Morgan fingerprint density at radius 3 is 2.50 bits per heavy atom. The summed E-state index contributed by atoms with van der Waals surface area (Å²) in [5.41, 5.74) is 8.02. The quantitative estimate of drug-likeness (QED) is 0.826. The lowest BCUT2D eigenvalue weighted by Gasteiger charge is -2.26. The van der Waals surface area contributed by atoms with E-state index in [1.165, 1.54) is 5.69 Å². The Hall–Kier alpha value is -0.770. The molecule has 0 aliphatic rings. The molecule has 0 unspecified atom stereocenters. The lowest BCUT2D eigenvalue weighted by Crippen LogP contribution is -2.28. The third-order valence-electron chi connectivity index (χ3n) is 3.05. The average molecular weight is 270 g/mol. The molecule has 1 rings (SSSR count). The Labute approximate surface area is 116 Å². The summed E-state index contributed by atoms with van der Waals surface area (Å²) in [5, 5.41) is 0.765. The smallest absolute Gasteiger partial charge is 0.0471 e. The number of hydrogen-bond donors (Lipinski definition) is 1. The topological polar surface area (TPSA) is 32.5 Å². The van der Waals surface area contributed by atoms with Crippen molar-refractivity contribution in [3.8, 4) is 0 Å². The molecule has 0 aliphatic heterocycles. The zero-order valence-electron chi connectivity index (χ0n) is 11.6. The van der Waals surface area contributed by atoms with Crippen molar-refractivity contribution in [2.75, 3.05) is 38.6 Å². The van der Waals surface area contributed by atoms with Gasteiger partial charge < -0.3 is 15.5 Å². The molecular formula is C14H24ClN3. The van der Waals surface area contributed by atoms with Gasteiger partial charge in [0.15, 0.2) is 0 Å². The summed E-state index contributed by atoms with van der Waals surface area (Å²) in [6.07, 6.45) is 1.14. The summed E-state index contributed by atoms with van der Waals surface area (Å²) in [6.45, 7) is 5.74. The van der Waals surface area contributed by atoms with E-state index in [2.05, 4.69) is 36.9 Å². The second-order valence-electron chi connectivity index (χ2n) is 4.68. The maximum absolute atomic E-state index is 6.20. The zero-order chi connectivity index (χ0) is 13.5. The zero-order valence-corrected chi connectivity index (χ0v) is 12.4. The number of rotatable bonds is 7. The van der Waals surface area contributed by atoms with Crippen molar-refractivity contribution in [1.29, 1.82) is 0 Å². The lowest BCUT2D eigenvalue weighted by molar-refractivity contribution is 0.400. The predicted molar refractivity (Wildman–Crippen MR) is 80.4 cm³/mol. The Morgan fingerprint density at radius 1 is 1.22 bits per heavy atom. The number of halogens is 1. The molecule has 3 nitrogen and oxygen atoms in total. The highest BCUT2D eigenvalue weighted by molar-refractivity contribution is 6.31. The molecule has 0 aliphatic carbocycles. The fraction of sp³-hybridized carbons (Fsp3) is 0.571. The molecule has 2 N–H and O–H groups in total. The van der Waals surface area contributed by atoms with Gasteiger partial charge in [-0.2, -0.15) is 0 Å². The van der Waals surface area contributed by atoms with Crippen LogP contribution in [0.15, 0.2) is 18.2 Å². The van der Waals surface area contributed by atoms with Crippen LogP contribution in [0.25, 0.3) is 0 Å². The van der Waals surface area contributed by atoms with Crippen molar-refractivity contribution in [2.45, 2.75) is 19.9 Å². The van der Waals surface area contributed by atoms with Gasteiger partial charge in [-0.05, 0) is 46.1 Å². The Morgan fingerprint density at radius 2 is 1.94 bits per heavy atom. The van der Waals surface area contributed by atoms with Crippen LogP contribution in [0.1, 0.15) is 18.9 Å². The van der Waals surface area contributed by atoms with E-state index in [9.17, 15) is 0 Å². The molecule has 0 aromatic heterocycles. The summed E-state index contributed by atoms with van der Waals surface area (Å²) in [5.74, 6) is 0. The maximum atomic E-state index is 6.20. The molecule has 18 heavy (non-hydrogen) atoms. The van der Waals surface area contributed by atoms with Gasteiger partial charge in [0.25, 0.3) is 0 Å². The number of anilines is 1. The molecule has 0 spiro atoms. The van der Waals surface area contributed by atoms with E-state index in [1.54, 1.807) is 0 Å². The molecule has 102 valence electrons. The van der Waals surface area contributed by atoms with Crippen LogP contribution in [-0.4, -0.2) is 38.6 Å². The lowest BCUT2D eigenvalue weighted by atomic mass is 10.1. The van der Waals surface area contributed by atoms with Gasteiger partial charge in [0.2, 0.25) is 0 Å². The van der Waals surface area contributed by atoms with Crippen LogP contribution in [0.3, 0.4) is 0 Å². The first-order valence-electron chi connectivity index (χ1n) is 6.47. The van der Waals surface area contributed by atoms with Crippen LogP contribution in [0.5, 0.6) is 0 Å². The van der Waals surface area contributed by atoms with E-state index in [4.69, 9.17) is 17.3 Å². The molecule has 1 aromatic rings. The second kappa shape index (κ2) is 7.62. The Balaban J connectivity index is 2.78. The molecule has 0 amide bonds. The second-order valence-corrected chi connectivity index (χ2v) is 5.09. The van der Waals surface area contributed by atoms with Crippen LogP contribution in [0.4, 0.5) is 5.69 Å². The van der Waals surface area contributed by atoms with Gasteiger partial charge in [0.05, 0.1) is 0 Å². The third kappa shape index (κ3) is 4.16. The maximum Gasteiger partial charge on any atom is 0.0471 e. The minimum atomic E-state index is 0.485. The van der Waals surface area contributed by atoms with Crippen LogP contribution in [-0.2, 0) is 6.54 Å². The fourth-order valence-corrected chi connectivity index (χ4v) is 2.32. The SMILES string of the molecule is CCN(CCCN(C)C)c1cccc(Cl)c1CN. The van der Waals surface area contributed by atoms with Gasteiger partial charge in [-0.15, -0.1) is 0 Å². The first-order valence-corrected chi connectivity index (χ1v) is 6.85. The molecule has 0 saturated carbocycles. The monoisotopic (exact) mass is 269 g/mol. The largest absolute Gasteiger partial charge is 0.371 e. The highest BCUT2D eigenvalue weighted by Gasteiger charge is 2.11. The van der Waals surface area contributed by atoms with Gasteiger partial charge in [0, 0.05) is 35.9 Å². The first-order chi connectivity index (χ1) is 8.60. The summed E-state index contributed by atoms with van der Waals surface area (Å²) in [4.78, 5) is 4.55. The van der Waals surface area contributed by atoms with Crippen LogP contribution >= 0.6 is 11.6 Å². The van der Waals surface area contributed by atoms with Gasteiger partial charge in [-0.1, -0.05) is 17.7 Å². The number of nitrogens with two attached hydrogens (primary N) is 1. The summed E-state index contributed by atoms with van der Waals surface area (Å²) in [6, 6.07) is 6.00. The molecule has 0 radical (unpaired) electrons. The minimum absolute atomic E-state index is 0.485. The highest BCUT2D eigenvalue weighted by atomic mass is 35.5. The van der Waals surface area contributed by atoms with E-state index in [0.717, 1.165) is 36.6 Å². The minimum Gasteiger partial charge on any atom is -0.371 e. The Bertz CT molecular complexity index is 366. The van der Waals surface area contributed by atoms with Crippen molar-refractivity contribution in [3.63, 3.8) is 0 Å². The molecule has 4 heteroatoms. The van der Waals surface area contributed by atoms with Crippen LogP contribution in [0, 0.1) is 0 Å². The standard InChI is InChI=1S/C14H24ClN3/c1-4-18(10-6-9-17(2)3)14-8-5-7-13(15)12(14)11-16/h5,7-8H,4,6,9-11,16H2,1-3H3. The number of hydrogen-bond acceptors (Lipinski definition) is 3. The summed E-state index contributed by atoms with van der Waals surface area (Å²) in [7, 11) is 4.20. The molecular weight excluding hydrogens is 246 g/mol. The molecule has 0 bridgehead atoms. The van der Waals surface area contributed by atoms with Crippen molar-refractivity contribution in [3.05, 3.63) is 28.8 Å². The number of benzene rings is 1. The summed E-state index contributed by atoms with van der Waals surface area (Å²) >= 11 is 6.20. The molecule has 1 aromatic carbocycles. The van der Waals surface area contributed by atoms with Crippen molar-refractivity contribution >= 4 is 17.3 Å². The van der Waals surface area contributed by atoms with Crippen LogP contribution < -0.4 is 10.6 Å². The van der Waals surface area contributed by atoms with E-state index in [0.29, 0.717) is 6.54 Å².